The molecule has 0 radical (unpaired) electrons. The Bertz CT molecular complexity index is 321. The van der Waals surface area contributed by atoms with Crippen molar-refractivity contribution in [3.63, 3.8) is 0 Å². The molecule has 1 saturated carbocycles. The predicted molar refractivity (Wildman–Crippen MR) is 59.7 cm³/mol. The van der Waals surface area contributed by atoms with Crippen LogP contribution in [0.3, 0.4) is 0 Å². The zero-order chi connectivity index (χ0) is 10.9. The van der Waals surface area contributed by atoms with Crippen LogP contribution >= 0.6 is 0 Å². The second-order valence-corrected chi connectivity index (χ2v) is 5.39. The van der Waals surface area contributed by atoms with Crippen LogP contribution in [0.1, 0.15) is 57.6 Å². The molecule has 0 bridgehead atoms. The average molecular weight is 208 g/mol. The molecule has 0 aliphatic heterocycles. The first-order valence-electron chi connectivity index (χ1n) is 5.74. The molecule has 1 aliphatic carbocycles. The van der Waals surface area contributed by atoms with Crippen LogP contribution < -0.4 is 5.32 Å². The Kier molecular flexibility index (Phi) is 2.83. The molecule has 0 atom stereocenters. The van der Waals surface area contributed by atoms with E-state index in [1.165, 1.54) is 19.3 Å². The Morgan fingerprint density at radius 1 is 1.47 bits per heavy atom. The summed E-state index contributed by atoms with van der Waals surface area (Å²) in [4.78, 5) is 4.29. The summed E-state index contributed by atoms with van der Waals surface area (Å²) in [7, 11) is 0. The van der Waals surface area contributed by atoms with Crippen molar-refractivity contribution in [3.05, 3.63) is 17.8 Å². The fourth-order valence-electron chi connectivity index (χ4n) is 1.63. The third-order valence-corrected chi connectivity index (χ3v) is 2.85. The molecule has 1 N–H and O–H groups in total. The van der Waals surface area contributed by atoms with Crippen LogP contribution in [0.4, 0.5) is 0 Å². The first-order chi connectivity index (χ1) is 7.04. The molecule has 0 aromatic carbocycles. The first kappa shape index (κ1) is 10.7. The van der Waals surface area contributed by atoms with Gasteiger partial charge in [0.05, 0.1) is 12.7 Å². The largest absolute Gasteiger partial charge is 0.444 e. The van der Waals surface area contributed by atoms with Gasteiger partial charge in [-0.25, -0.2) is 4.98 Å². The summed E-state index contributed by atoms with van der Waals surface area (Å²) in [6.45, 7) is 7.14. The summed E-state index contributed by atoms with van der Waals surface area (Å²) in [6.07, 6.45) is 5.76. The molecule has 1 aromatic rings. The maximum atomic E-state index is 5.71. The molecule has 0 amide bonds. The minimum Gasteiger partial charge on any atom is -0.444 e. The van der Waals surface area contributed by atoms with Crippen molar-refractivity contribution in [2.75, 3.05) is 0 Å². The van der Waals surface area contributed by atoms with Gasteiger partial charge in [0.15, 0.2) is 0 Å². The lowest BCUT2D eigenvalue weighted by molar-refractivity contribution is 0.319. The molecule has 3 nitrogen and oxygen atoms in total. The maximum Gasteiger partial charge on any atom is 0.208 e. The van der Waals surface area contributed by atoms with Crippen LogP contribution in [0.2, 0.25) is 0 Å². The molecular formula is C12H20N2O. The van der Waals surface area contributed by atoms with Gasteiger partial charge < -0.3 is 9.73 Å². The number of aromatic nitrogens is 1. The molecule has 84 valence electrons. The van der Waals surface area contributed by atoms with E-state index in [4.69, 9.17) is 4.42 Å². The Hall–Kier alpha value is -0.830. The van der Waals surface area contributed by atoms with E-state index in [-0.39, 0.29) is 5.54 Å². The fourth-order valence-corrected chi connectivity index (χ4v) is 1.63. The molecule has 1 heterocycles. The summed E-state index contributed by atoms with van der Waals surface area (Å²) >= 11 is 0. The minimum absolute atomic E-state index is 0.116. The lowest BCUT2D eigenvalue weighted by atomic mass is 9.84. The molecule has 3 heteroatoms. The van der Waals surface area contributed by atoms with Crippen molar-refractivity contribution in [2.24, 2.45) is 0 Å². The molecule has 2 rings (SSSR count). The van der Waals surface area contributed by atoms with Gasteiger partial charge in [0.25, 0.3) is 0 Å². The smallest absolute Gasteiger partial charge is 0.208 e. The van der Waals surface area contributed by atoms with Gasteiger partial charge in [0.2, 0.25) is 5.89 Å². The van der Waals surface area contributed by atoms with E-state index in [2.05, 4.69) is 31.1 Å². The van der Waals surface area contributed by atoms with Gasteiger partial charge in [-0.1, -0.05) is 6.42 Å². The zero-order valence-corrected chi connectivity index (χ0v) is 9.84. The summed E-state index contributed by atoms with van der Waals surface area (Å²) in [5.74, 6) is 2.53. The van der Waals surface area contributed by atoms with Crippen molar-refractivity contribution in [1.82, 2.24) is 10.3 Å². The highest BCUT2D eigenvalue weighted by Gasteiger charge is 2.23. The molecule has 15 heavy (non-hydrogen) atoms. The predicted octanol–water partition coefficient (Wildman–Crippen LogP) is 2.83. The van der Waals surface area contributed by atoms with Gasteiger partial charge in [-0.05, 0) is 33.6 Å². The number of nitrogens with one attached hydrogen (secondary N) is 1. The van der Waals surface area contributed by atoms with Gasteiger partial charge in [-0.2, -0.15) is 0 Å². The standard InChI is InChI=1S/C12H20N2O/c1-12(2,3)14-8-11-13-7-10(15-11)9-5-4-6-9/h7,9,14H,4-6,8H2,1-3H3. The summed E-state index contributed by atoms with van der Waals surface area (Å²) < 4.78 is 5.71. The van der Waals surface area contributed by atoms with Gasteiger partial charge in [-0.15, -0.1) is 0 Å². The molecule has 0 saturated heterocycles. The Labute approximate surface area is 91.3 Å². The van der Waals surface area contributed by atoms with Gasteiger partial charge in [0.1, 0.15) is 5.76 Å². The quantitative estimate of drug-likeness (QED) is 0.830. The van der Waals surface area contributed by atoms with Gasteiger partial charge in [-0.3, -0.25) is 0 Å². The summed E-state index contributed by atoms with van der Waals surface area (Å²) in [5.41, 5.74) is 0.116. The topological polar surface area (TPSA) is 38.1 Å². The third-order valence-electron chi connectivity index (χ3n) is 2.85. The van der Waals surface area contributed by atoms with E-state index < -0.39 is 0 Å². The molecule has 1 aliphatic rings. The fraction of sp³-hybridized carbons (Fsp3) is 0.750. The van der Waals surface area contributed by atoms with E-state index in [0.717, 1.165) is 18.2 Å². The third kappa shape index (κ3) is 2.81. The van der Waals surface area contributed by atoms with Gasteiger partial charge in [0, 0.05) is 11.5 Å². The summed E-state index contributed by atoms with van der Waals surface area (Å²) in [5, 5.41) is 3.37. The van der Waals surface area contributed by atoms with E-state index >= 15 is 0 Å². The van der Waals surface area contributed by atoms with Crippen LogP contribution in [0.5, 0.6) is 0 Å². The highest BCUT2D eigenvalue weighted by Crippen LogP contribution is 2.36. The van der Waals surface area contributed by atoms with E-state index in [1.807, 2.05) is 6.20 Å². The van der Waals surface area contributed by atoms with Crippen LogP contribution in [0.15, 0.2) is 10.6 Å². The van der Waals surface area contributed by atoms with Crippen LogP contribution in [0.25, 0.3) is 0 Å². The van der Waals surface area contributed by atoms with E-state index in [1.54, 1.807) is 0 Å². The number of rotatable bonds is 3. The maximum absolute atomic E-state index is 5.71. The highest BCUT2D eigenvalue weighted by atomic mass is 16.4. The Balaban J connectivity index is 1.89. The van der Waals surface area contributed by atoms with Crippen molar-refractivity contribution in [1.29, 1.82) is 0 Å². The second kappa shape index (κ2) is 3.97. The lowest BCUT2D eigenvalue weighted by Crippen LogP contribution is -2.35. The molecule has 0 unspecified atom stereocenters. The molecule has 1 aromatic heterocycles. The number of hydrogen-bond donors (Lipinski definition) is 1. The van der Waals surface area contributed by atoms with Crippen molar-refractivity contribution < 1.29 is 4.42 Å². The Morgan fingerprint density at radius 3 is 2.73 bits per heavy atom. The van der Waals surface area contributed by atoms with Crippen molar-refractivity contribution in [2.45, 2.75) is 58.0 Å². The summed E-state index contributed by atoms with van der Waals surface area (Å²) in [6, 6.07) is 0. The lowest BCUT2D eigenvalue weighted by Gasteiger charge is -2.22. The molecular weight excluding hydrogens is 188 g/mol. The van der Waals surface area contributed by atoms with E-state index in [0.29, 0.717) is 5.92 Å². The highest BCUT2D eigenvalue weighted by molar-refractivity contribution is 5.05. The first-order valence-corrected chi connectivity index (χ1v) is 5.74. The van der Waals surface area contributed by atoms with Crippen LogP contribution in [-0.4, -0.2) is 10.5 Å². The van der Waals surface area contributed by atoms with Crippen molar-refractivity contribution in [3.8, 4) is 0 Å². The van der Waals surface area contributed by atoms with Gasteiger partial charge >= 0.3 is 0 Å². The number of hydrogen-bond acceptors (Lipinski definition) is 3. The average Bonchev–Trinajstić information content (AvgIpc) is 2.45. The normalized spacial score (nSPS) is 17.8. The van der Waals surface area contributed by atoms with Crippen LogP contribution in [0, 0.1) is 0 Å². The molecule has 1 fully saturated rings. The Morgan fingerprint density at radius 2 is 2.20 bits per heavy atom. The number of oxazole rings is 1. The second-order valence-electron chi connectivity index (χ2n) is 5.39. The SMILES string of the molecule is CC(C)(C)NCc1ncc(C2CCC2)o1. The minimum atomic E-state index is 0.116. The number of nitrogens with zero attached hydrogens (tertiary/aromatic N) is 1. The molecule has 0 spiro atoms. The zero-order valence-electron chi connectivity index (χ0n) is 9.84. The van der Waals surface area contributed by atoms with Crippen LogP contribution in [-0.2, 0) is 6.54 Å². The monoisotopic (exact) mass is 208 g/mol. The van der Waals surface area contributed by atoms with Crippen molar-refractivity contribution >= 4 is 0 Å². The van der Waals surface area contributed by atoms with E-state index in [9.17, 15) is 0 Å².